The summed E-state index contributed by atoms with van der Waals surface area (Å²) in [4.78, 5) is 30.5. The van der Waals surface area contributed by atoms with Crippen molar-refractivity contribution in [2.75, 3.05) is 12.1 Å². The number of benzene rings is 1. The third kappa shape index (κ3) is 2.22. The number of nitrogens with zero attached hydrogens (tertiary/aromatic N) is 6. The van der Waals surface area contributed by atoms with Crippen molar-refractivity contribution in [3.05, 3.63) is 56.7 Å². The molecule has 0 aliphatic carbocycles. The monoisotopic (exact) mass is 352 g/mol. The first-order valence-electron chi connectivity index (χ1n) is 8.44. The van der Waals surface area contributed by atoms with Crippen molar-refractivity contribution in [2.24, 2.45) is 12.1 Å². The second-order valence-electron chi connectivity index (χ2n) is 6.61. The Bertz CT molecular complexity index is 1150. The van der Waals surface area contributed by atoms with Gasteiger partial charge in [0.05, 0.1) is 18.3 Å². The van der Waals surface area contributed by atoms with Crippen LogP contribution in [-0.4, -0.2) is 31.4 Å². The smallest absolute Gasteiger partial charge is 0.294 e. The summed E-state index contributed by atoms with van der Waals surface area (Å²) < 4.78 is 4.56. The zero-order chi connectivity index (χ0) is 18.6. The van der Waals surface area contributed by atoms with Gasteiger partial charge in [-0.1, -0.05) is 30.3 Å². The van der Waals surface area contributed by atoms with E-state index in [2.05, 4.69) is 10.1 Å². The average Bonchev–Trinajstić information content (AvgIpc) is 3.04. The van der Waals surface area contributed by atoms with Crippen molar-refractivity contribution < 1.29 is 0 Å². The number of aromatic nitrogens is 4. The molecule has 0 spiro atoms. The summed E-state index contributed by atoms with van der Waals surface area (Å²) in [5.41, 5.74) is 1.86. The number of hydrogen-bond donors (Lipinski definition) is 0. The van der Waals surface area contributed by atoms with E-state index >= 15 is 0 Å². The van der Waals surface area contributed by atoms with Crippen molar-refractivity contribution in [2.45, 2.75) is 26.4 Å². The Kier molecular flexibility index (Phi) is 3.57. The first-order valence-corrected chi connectivity index (χ1v) is 8.44. The van der Waals surface area contributed by atoms with E-state index in [4.69, 9.17) is 0 Å². The van der Waals surface area contributed by atoms with Crippen molar-refractivity contribution in [1.29, 1.82) is 0 Å². The van der Waals surface area contributed by atoms with Crippen molar-refractivity contribution >= 4 is 22.8 Å². The van der Waals surface area contributed by atoms with Crippen LogP contribution >= 0.6 is 0 Å². The third-order valence-electron chi connectivity index (χ3n) is 4.93. The maximum atomic E-state index is 13.2. The fraction of sp³-hybridized carbons (Fsp3) is 0.333. The van der Waals surface area contributed by atoms with E-state index < -0.39 is 0 Å². The van der Waals surface area contributed by atoms with E-state index in [1.54, 1.807) is 19.1 Å². The van der Waals surface area contributed by atoms with Crippen LogP contribution in [0.1, 0.15) is 25.5 Å². The van der Waals surface area contributed by atoms with Crippen LogP contribution in [0.4, 0.5) is 5.95 Å². The largest absolute Gasteiger partial charge is 0.332 e. The predicted molar refractivity (Wildman–Crippen MR) is 101 cm³/mol. The molecular formula is C18H20N6O2. The Morgan fingerprint density at radius 3 is 2.50 bits per heavy atom. The quantitative estimate of drug-likeness (QED) is 0.697. The van der Waals surface area contributed by atoms with E-state index in [9.17, 15) is 9.59 Å². The van der Waals surface area contributed by atoms with Gasteiger partial charge in [-0.2, -0.15) is 10.1 Å². The molecule has 0 saturated carbocycles. The van der Waals surface area contributed by atoms with Crippen molar-refractivity contribution in [3.63, 3.8) is 0 Å². The van der Waals surface area contributed by atoms with Gasteiger partial charge in [-0.05, 0) is 19.4 Å². The Morgan fingerprint density at radius 2 is 1.81 bits per heavy atom. The van der Waals surface area contributed by atoms with Crippen LogP contribution in [0.15, 0.2) is 45.0 Å². The lowest BCUT2D eigenvalue weighted by Crippen LogP contribution is -2.40. The van der Waals surface area contributed by atoms with Gasteiger partial charge in [0.1, 0.15) is 0 Å². The molecule has 134 valence electrons. The van der Waals surface area contributed by atoms with Crippen LogP contribution in [0, 0.1) is 0 Å². The first kappa shape index (κ1) is 16.3. The lowest BCUT2D eigenvalue weighted by molar-refractivity contribution is 0.638. The molecule has 0 saturated heterocycles. The number of anilines is 1. The molecule has 2 aromatic heterocycles. The molecular weight excluding hydrogens is 332 g/mol. The predicted octanol–water partition coefficient (Wildman–Crippen LogP) is 1.33. The van der Waals surface area contributed by atoms with Gasteiger partial charge < -0.3 is 0 Å². The van der Waals surface area contributed by atoms with E-state index in [0.29, 0.717) is 17.1 Å². The Morgan fingerprint density at radius 1 is 1.12 bits per heavy atom. The molecule has 0 fully saturated rings. The van der Waals surface area contributed by atoms with Crippen LogP contribution in [0.2, 0.25) is 0 Å². The van der Waals surface area contributed by atoms with E-state index in [0.717, 1.165) is 11.3 Å². The second kappa shape index (κ2) is 5.69. The molecule has 1 atom stereocenters. The molecule has 8 heteroatoms. The summed E-state index contributed by atoms with van der Waals surface area (Å²) in [6.07, 6.45) is 0. The molecule has 26 heavy (non-hydrogen) atoms. The summed E-state index contributed by atoms with van der Waals surface area (Å²) in [7, 11) is 3.43. The lowest BCUT2D eigenvalue weighted by Gasteiger charge is -2.26. The molecule has 4 rings (SSSR count). The minimum absolute atomic E-state index is 0.110. The molecule has 3 heterocycles. The highest BCUT2D eigenvalue weighted by Crippen LogP contribution is 2.28. The molecule has 0 bridgehead atoms. The molecule has 1 aliphatic rings. The summed E-state index contributed by atoms with van der Waals surface area (Å²) >= 11 is 0. The summed E-state index contributed by atoms with van der Waals surface area (Å²) in [5.74, 6) is 0.558. The van der Waals surface area contributed by atoms with Gasteiger partial charge in [0, 0.05) is 14.1 Å². The number of hydrogen-bond acceptors (Lipinski definition) is 5. The summed E-state index contributed by atoms with van der Waals surface area (Å²) in [6.45, 7) is 4.11. The summed E-state index contributed by atoms with van der Waals surface area (Å²) in [5, 5.41) is 6.08. The zero-order valence-corrected chi connectivity index (χ0v) is 15.2. The fourth-order valence-electron chi connectivity index (χ4n) is 3.38. The fourth-order valence-corrected chi connectivity index (χ4v) is 3.38. The number of imidazole rings is 1. The van der Waals surface area contributed by atoms with Crippen LogP contribution in [0.3, 0.4) is 0 Å². The standard InChI is InChI=1S/C18H20N6O2/c1-11-12(2)24-14-15(19-17(24)22(4)20-11)21(3)18(26)23(16(14)25)10-13-8-6-5-7-9-13/h5-9,12H,10H2,1-4H3/t12-/m0/s1. The highest BCUT2D eigenvalue weighted by molar-refractivity contribution is 5.90. The van der Waals surface area contributed by atoms with Crippen molar-refractivity contribution in [3.8, 4) is 0 Å². The number of rotatable bonds is 2. The first-order chi connectivity index (χ1) is 12.4. The third-order valence-corrected chi connectivity index (χ3v) is 4.93. The lowest BCUT2D eigenvalue weighted by atomic mass is 10.2. The molecule has 0 amide bonds. The maximum Gasteiger partial charge on any atom is 0.332 e. The molecule has 0 N–H and O–H groups in total. The molecule has 8 nitrogen and oxygen atoms in total. The van der Waals surface area contributed by atoms with Crippen LogP contribution < -0.4 is 16.3 Å². The zero-order valence-electron chi connectivity index (χ0n) is 15.2. The van der Waals surface area contributed by atoms with Gasteiger partial charge in [-0.15, -0.1) is 0 Å². The Labute approximate surface area is 149 Å². The van der Waals surface area contributed by atoms with E-state index in [-0.39, 0.29) is 23.8 Å². The summed E-state index contributed by atoms with van der Waals surface area (Å²) in [6, 6.07) is 9.37. The molecule has 1 aliphatic heterocycles. The molecule has 1 aromatic carbocycles. The van der Waals surface area contributed by atoms with E-state index in [1.165, 1.54) is 9.13 Å². The molecule has 3 aromatic rings. The van der Waals surface area contributed by atoms with Gasteiger partial charge in [0.2, 0.25) is 5.95 Å². The van der Waals surface area contributed by atoms with Crippen LogP contribution in [-0.2, 0) is 13.6 Å². The minimum atomic E-state index is -0.380. The van der Waals surface area contributed by atoms with E-state index in [1.807, 2.05) is 48.7 Å². The van der Waals surface area contributed by atoms with Gasteiger partial charge in [0.15, 0.2) is 11.2 Å². The number of aryl methyl sites for hydroxylation is 1. The maximum absolute atomic E-state index is 13.2. The van der Waals surface area contributed by atoms with Gasteiger partial charge in [0.25, 0.3) is 5.56 Å². The van der Waals surface area contributed by atoms with Gasteiger partial charge in [-0.3, -0.25) is 18.5 Å². The average molecular weight is 352 g/mol. The Balaban J connectivity index is 2.03. The highest BCUT2D eigenvalue weighted by Gasteiger charge is 2.29. The molecule has 0 radical (unpaired) electrons. The number of hydrazone groups is 1. The topological polar surface area (TPSA) is 77.4 Å². The van der Waals surface area contributed by atoms with Crippen LogP contribution in [0.5, 0.6) is 0 Å². The SMILES string of the molecule is CC1=NN(C)c2nc3c(c(=O)n(Cc4ccccc4)c(=O)n3C)n2[C@H]1C. The second-order valence-corrected chi connectivity index (χ2v) is 6.61. The number of fused-ring (bicyclic) bond motifs is 3. The van der Waals surface area contributed by atoms with Gasteiger partial charge in [-0.25, -0.2) is 9.80 Å². The Hall–Kier alpha value is -3.16. The minimum Gasteiger partial charge on any atom is -0.294 e. The molecule has 0 unspecified atom stereocenters. The van der Waals surface area contributed by atoms with Crippen molar-refractivity contribution in [1.82, 2.24) is 18.7 Å². The normalized spacial score (nSPS) is 16.7. The van der Waals surface area contributed by atoms with Crippen LogP contribution in [0.25, 0.3) is 11.2 Å². The highest BCUT2D eigenvalue weighted by atomic mass is 16.2. The van der Waals surface area contributed by atoms with Gasteiger partial charge >= 0.3 is 5.69 Å².